The van der Waals surface area contributed by atoms with Crippen molar-refractivity contribution in [3.8, 4) is 0 Å². The van der Waals surface area contributed by atoms with Crippen LogP contribution in [0.2, 0.25) is 5.02 Å². The zero-order valence-corrected chi connectivity index (χ0v) is 12.3. The molecule has 6 nitrogen and oxygen atoms in total. The van der Waals surface area contributed by atoms with Gasteiger partial charge in [-0.05, 0) is 37.5 Å². The third kappa shape index (κ3) is 2.80. The van der Waals surface area contributed by atoms with E-state index in [2.05, 4.69) is 4.72 Å². The number of aliphatic hydroxyl groups excluding tert-OH is 1. The molecule has 1 aliphatic rings. The van der Waals surface area contributed by atoms with Crippen molar-refractivity contribution < 1.29 is 23.4 Å². The summed E-state index contributed by atoms with van der Waals surface area (Å²) in [5, 5.41) is 18.3. The number of sulfonamides is 1. The van der Waals surface area contributed by atoms with Gasteiger partial charge < -0.3 is 10.2 Å². The van der Waals surface area contributed by atoms with Gasteiger partial charge in [0.25, 0.3) is 0 Å². The van der Waals surface area contributed by atoms with Crippen molar-refractivity contribution in [2.24, 2.45) is 0 Å². The van der Waals surface area contributed by atoms with Crippen LogP contribution in [0.15, 0.2) is 17.0 Å². The maximum atomic E-state index is 12.3. The summed E-state index contributed by atoms with van der Waals surface area (Å²) in [6.07, 6.45) is 1.10. The molecule has 0 aliphatic heterocycles. The molecule has 110 valence electrons. The number of benzene rings is 1. The normalized spacial score (nSPS) is 16.9. The van der Waals surface area contributed by atoms with Gasteiger partial charge in [-0.25, -0.2) is 17.9 Å². The number of hydrogen-bond acceptors (Lipinski definition) is 4. The molecule has 0 saturated heterocycles. The zero-order valence-electron chi connectivity index (χ0n) is 10.7. The average molecular weight is 320 g/mol. The number of aromatic carboxylic acids is 1. The molecule has 1 aliphatic carbocycles. The summed E-state index contributed by atoms with van der Waals surface area (Å²) >= 11 is 5.79. The first-order valence-corrected chi connectivity index (χ1v) is 7.75. The largest absolute Gasteiger partial charge is 0.478 e. The predicted molar refractivity (Wildman–Crippen MR) is 72.5 cm³/mol. The highest BCUT2D eigenvalue weighted by Crippen LogP contribution is 2.37. The summed E-state index contributed by atoms with van der Waals surface area (Å²) in [6.45, 7) is 1.12. The van der Waals surface area contributed by atoms with Crippen LogP contribution < -0.4 is 4.72 Å². The highest BCUT2D eigenvalue weighted by atomic mass is 35.5. The molecular formula is C12H14ClNO5S. The van der Waals surface area contributed by atoms with E-state index in [0.29, 0.717) is 12.8 Å². The quantitative estimate of drug-likeness (QED) is 0.755. The van der Waals surface area contributed by atoms with Gasteiger partial charge in [0.2, 0.25) is 10.0 Å². The molecule has 1 saturated carbocycles. The topological polar surface area (TPSA) is 104 Å². The van der Waals surface area contributed by atoms with E-state index in [1.807, 2.05) is 0 Å². The average Bonchev–Trinajstić information content (AvgIpc) is 3.11. The second kappa shape index (κ2) is 5.00. The van der Waals surface area contributed by atoms with Gasteiger partial charge in [0.15, 0.2) is 0 Å². The van der Waals surface area contributed by atoms with Gasteiger partial charge in [-0.1, -0.05) is 11.6 Å². The maximum absolute atomic E-state index is 12.3. The molecule has 0 radical (unpaired) electrons. The number of rotatable bonds is 5. The van der Waals surface area contributed by atoms with Crippen LogP contribution in [0.1, 0.15) is 28.8 Å². The number of hydrogen-bond donors (Lipinski definition) is 3. The third-order valence-corrected chi connectivity index (χ3v) is 5.27. The van der Waals surface area contributed by atoms with Gasteiger partial charge in [0, 0.05) is 5.02 Å². The summed E-state index contributed by atoms with van der Waals surface area (Å²) in [6, 6.07) is 2.41. The van der Waals surface area contributed by atoms with Gasteiger partial charge in [-0.2, -0.15) is 0 Å². The lowest BCUT2D eigenvalue weighted by Crippen LogP contribution is -2.39. The summed E-state index contributed by atoms with van der Waals surface area (Å²) in [7, 11) is -3.93. The van der Waals surface area contributed by atoms with Crippen LogP contribution in [0.3, 0.4) is 0 Å². The van der Waals surface area contributed by atoms with Gasteiger partial charge in [-0.15, -0.1) is 0 Å². The minimum absolute atomic E-state index is 0.0298. The smallest absolute Gasteiger partial charge is 0.336 e. The summed E-state index contributed by atoms with van der Waals surface area (Å²) in [4.78, 5) is 10.9. The molecule has 2 rings (SSSR count). The lowest BCUT2D eigenvalue weighted by atomic mass is 10.1. The fourth-order valence-electron chi connectivity index (χ4n) is 1.94. The minimum Gasteiger partial charge on any atom is -0.478 e. The molecule has 0 atom stereocenters. The van der Waals surface area contributed by atoms with E-state index in [0.717, 1.165) is 0 Å². The molecule has 0 amide bonds. The maximum Gasteiger partial charge on any atom is 0.336 e. The van der Waals surface area contributed by atoms with E-state index in [9.17, 15) is 18.3 Å². The molecule has 0 aromatic heterocycles. The molecule has 0 heterocycles. The Labute approximate surface area is 121 Å². The first-order chi connectivity index (χ1) is 9.21. The first-order valence-electron chi connectivity index (χ1n) is 5.89. The van der Waals surface area contributed by atoms with Crippen LogP contribution in [-0.4, -0.2) is 36.7 Å². The summed E-state index contributed by atoms with van der Waals surface area (Å²) in [5.74, 6) is -1.25. The molecule has 8 heteroatoms. The molecular weight excluding hydrogens is 306 g/mol. The standard InChI is InChI=1S/C12H14ClNO5S/c1-7-9(11(16)17)4-8(13)5-10(7)20(18,19)14-12(6-15)2-3-12/h4-5,14-15H,2-3,6H2,1H3,(H,16,17). The number of halogens is 1. The van der Waals surface area contributed by atoms with Crippen LogP contribution in [0.5, 0.6) is 0 Å². The number of nitrogens with one attached hydrogen (secondary N) is 1. The monoisotopic (exact) mass is 319 g/mol. The SMILES string of the molecule is Cc1c(C(=O)O)cc(Cl)cc1S(=O)(=O)NC1(CO)CC1. The Balaban J connectivity index is 2.49. The molecule has 0 bridgehead atoms. The van der Waals surface area contributed by atoms with Crippen LogP contribution in [0, 0.1) is 6.92 Å². The Bertz CT molecular complexity index is 667. The molecule has 0 unspecified atom stereocenters. The van der Waals surface area contributed by atoms with Crippen molar-refractivity contribution in [1.29, 1.82) is 0 Å². The van der Waals surface area contributed by atoms with Gasteiger partial charge in [-0.3, -0.25) is 0 Å². The second-order valence-corrected chi connectivity index (χ2v) is 7.01. The van der Waals surface area contributed by atoms with Crippen molar-refractivity contribution >= 4 is 27.6 Å². The van der Waals surface area contributed by atoms with E-state index in [4.69, 9.17) is 16.7 Å². The Hall–Kier alpha value is -1.15. The van der Waals surface area contributed by atoms with Crippen molar-refractivity contribution in [3.63, 3.8) is 0 Å². The van der Waals surface area contributed by atoms with Crippen LogP contribution in [0.4, 0.5) is 0 Å². The molecule has 20 heavy (non-hydrogen) atoms. The van der Waals surface area contributed by atoms with Crippen LogP contribution in [-0.2, 0) is 10.0 Å². The van der Waals surface area contributed by atoms with E-state index in [-0.39, 0.29) is 27.7 Å². The Morgan fingerprint density at radius 2 is 2.05 bits per heavy atom. The van der Waals surface area contributed by atoms with Gasteiger partial charge in [0.1, 0.15) is 0 Å². The van der Waals surface area contributed by atoms with E-state index in [1.165, 1.54) is 19.1 Å². The predicted octanol–water partition coefficient (Wildman–Crippen LogP) is 1.15. The number of carboxylic acids is 1. The number of carboxylic acid groups (broad SMARTS) is 1. The lowest BCUT2D eigenvalue weighted by molar-refractivity contribution is 0.0696. The lowest BCUT2D eigenvalue weighted by Gasteiger charge is -2.17. The van der Waals surface area contributed by atoms with E-state index in [1.54, 1.807) is 0 Å². The Kier molecular flexibility index (Phi) is 3.81. The van der Waals surface area contributed by atoms with Crippen molar-refractivity contribution in [1.82, 2.24) is 4.72 Å². The van der Waals surface area contributed by atoms with Crippen LogP contribution >= 0.6 is 11.6 Å². The Morgan fingerprint density at radius 3 is 2.50 bits per heavy atom. The molecule has 0 spiro atoms. The fraction of sp³-hybridized carbons (Fsp3) is 0.417. The summed E-state index contributed by atoms with van der Waals surface area (Å²) < 4.78 is 27.1. The molecule has 3 N–H and O–H groups in total. The van der Waals surface area contributed by atoms with Crippen molar-refractivity contribution in [2.75, 3.05) is 6.61 Å². The van der Waals surface area contributed by atoms with E-state index >= 15 is 0 Å². The Morgan fingerprint density at radius 1 is 1.45 bits per heavy atom. The fourth-order valence-corrected chi connectivity index (χ4v) is 3.97. The van der Waals surface area contributed by atoms with E-state index < -0.39 is 21.5 Å². The highest BCUT2D eigenvalue weighted by molar-refractivity contribution is 7.89. The highest BCUT2D eigenvalue weighted by Gasteiger charge is 2.46. The van der Waals surface area contributed by atoms with Gasteiger partial charge in [0.05, 0.1) is 22.6 Å². The number of carbonyl (C=O) groups is 1. The van der Waals surface area contributed by atoms with Crippen molar-refractivity contribution in [2.45, 2.75) is 30.2 Å². The summed E-state index contributed by atoms with van der Waals surface area (Å²) in [5.41, 5.74) is -0.869. The molecule has 1 aromatic carbocycles. The second-order valence-electron chi connectivity index (χ2n) is 4.93. The zero-order chi connectivity index (χ0) is 15.1. The molecule has 1 fully saturated rings. The minimum atomic E-state index is -3.93. The van der Waals surface area contributed by atoms with Crippen LogP contribution in [0.25, 0.3) is 0 Å². The molecule has 1 aromatic rings. The van der Waals surface area contributed by atoms with Gasteiger partial charge >= 0.3 is 5.97 Å². The third-order valence-electron chi connectivity index (χ3n) is 3.35. The first kappa shape index (κ1) is 15.2. The van der Waals surface area contributed by atoms with Crippen molar-refractivity contribution in [3.05, 3.63) is 28.3 Å². The number of aliphatic hydroxyl groups is 1.